The average molecular weight is 555 g/mol. The largest absolute Gasteiger partial charge is 0.475 e. The molecule has 0 bridgehead atoms. The molecule has 1 aromatic heterocycles. The molecule has 1 aliphatic carbocycles. The first kappa shape index (κ1) is 26.8. The lowest BCUT2D eigenvalue weighted by Gasteiger charge is -2.35. The van der Waals surface area contributed by atoms with E-state index in [1.807, 2.05) is 6.07 Å². The molecule has 3 aliphatic rings. The number of fused-ring (bicyclic) bond motifs is 2. The first-order valence-corrected chi connectivity index (χ1v) is 14.8. The number of aromatic nitrogens is 1. The number of hydrogen-bond donors (Lipinski definition) is 1. The van der Waals surface area contributed by atoms with Crippen molar-refractivity contribution in [1.82, 2.24) is 15.2 Å². The molecule has 6 rings (SSSR count). The quantitative estimate of drug-likeness (QED) is 0.432. The second-order valence-electron chi connectivity index (χ2n) is 11.3. The average Bonchev–Trinajstić information content (AvgIpc) is 3.39. The zero-order chi connectivity index (χ0) is 27.6. The molecule has 8 heteroatoms. The maximum Gasteiger partial charge on any atom is 0.234 e. The summed E-state index contributed by atoms with van der Waals surface area (Å²) in [4.78, 5) is 9.48. The highest BCUT2D eigenvalue weighted by Gasteiger charge is 2.29. The zero-order valence-electron chi connectivity index (χ0n) is 23.0. The van der Waals surface area contributed by atoms with Crippen molar-refractivity contribution >= 4 is 28.2 Å². The van der Waals surface area contributed by atoms with Gasteiger partial charge in [0.05, 0.1) is 23.7 Å². The van der Waals surface area contributed by atoms with Crippen LogP contribution in [-0.4, -0.2) is 61.8 Å². The van der Waals surface area contributed by atoms with E-state index in [0.29, 0.717) is 48.6 Å². The van der Waals surface area contributed by atoms with E-state index in [9.17, 15) is 10.5 Å². The van der Waals surface area contributed by atoms with E-state index in [4.69, 9.17) is 21.3 Å². The fourth-order valence-corrected chi connectivity index (χ4v) is 6.92. The predicted molar refractivity (Wildman–Crippen MR) is 159 cm³/mol. The maximum atomic E-state index is 10.4. The smallest absolute Gasteiger partial charge is 0.234 e. The summed E-state index contributed by atoms with van der Waals surface area (Å²) in [5, 5.41) is 24.7. The van der Waals surface area contributed by atoms with Gasteiger partial charge in [-0.15, -0.1) is 0 Å². The van der Waals surface area contributed by atoms with E-state index in [1.54, 1.807) is 0 Å². The summed E-state index contributed by atoms with van der Waals surface area (Å²) in [6.45, 7) is 3.62. The van der Waals surface area contributed by atoms with E-state index in [2.05, 4.69) is 58.6 Å². The van der Waals surface area contributed by atoms with Crippen LogP contribution in [0.25, 0.3) is 22.0 Å². The van der Waals surface area contributed by atoms with Gasteiger partial charge in [0.25, 0.3) is 0 Å². The standard InChI is InChI=1S/C32H35ClN6O/c1-38-14-5-8-23(38)20-40-32-28(18-35)31(39-15-13-36-22(19-39)11-12-34)27-16-29(33)26(17-30(27)37-32)25-10-4-7-21-6-2-3-9-24(21)25/h4,7,10,16-17,22-23,36H,2-3,5-6,8-9,11,13-15,19-20H2,1H3. The molecule has 0 radical (unpaired) electrons. The van der Waals surface area contributed by atoms with Gasteiger partial charge in [0.1, 0.15) is 18.2 Å². The third kappa shape index (κ3) is 5.10. The van der Waals surface area contributed by atoms with Crippen LogP contribution in [0.15, 0.2) is 30.3 Å². The van der Waals surface area contributed by atoms with Gasteiger partial charge in [-0.1, -0.05) is 29.8 Å². The number of piperazine rings is 1. The first-order chi connectivity index (χ1) is 19.6. The molecule has 0 amide bonds. The molecule has 1 N–H and O–H groups in total. The summed E-state index contributed by atoms with van der Waals surface area (Å²) < 4.78 is 6.36. The molecule has 2 aromatic carbocycles. The Balaban J connectivity index is 1.49. The molecule has 2 atom stereocenters. The number of anilines is 1. The molecule has 40 heavy (non-hydrogen) atoms. The number of likely N-dealkylation sites (tertiary alicyclic amines) is 1. The summed E-state index contributed by atoms with van der Waals surface area (Å²) in [5.41, 5.74) is 6.94. The van der Waals surface area contributed by atoms with Gasteiger partial charge in [-0.2, -0.15) is 10.5 Å². The van der Waals surface area contributed by atoms with E-state index in [0.717, 1.165) is 60.9 Å². The lowest BCUT2D eigenvalue weighted by atomic mass is 9.85. The minimum absolute atomic E-state index is 0.0237. The van der Waals surface area contributed by atoms with E-state index >= 15 is 0 Å². The monoisotopic (exact) mass is 554 g/mol. The summed E-state index contributed by atoms with van der Waals surface area (Å²) in [6.07, 6.45) is 7.19. The lowest BCUT2D eigenvalue weighted by Crippen LogP contribution is -2.50. The van der Waals surface area contributed by atoms with E-state index in [-0.39, 0.29) is 6.04 Å². The number of nitrogens with zero attached hydrogens (tertiary/aromatic N) is 5. The number of aryl methyl sites for hydroxylation is 1. The Morgan fingerprint density at radius 3 is 2.80 bits per heavy atom. The Morgan fingerprint density at radius 2 is 2.00 bits per heavy atom. The Labute approximate surface area is 241 Å². The minimum Gasteiger partial charge on any atom is -0.475 e. The van der Waals surface area contributed by atoms with Crippen LogP contribution in [0.2, 0.25) is 5.02 Å². The van der Waals surface area contributed by atoms with Crippen LogP contribution >= 0.6 is 11.6 Å². The molecule has 2 unspecified atom stereocenters. The highest BCUT2D eigenvalue weighted by Crippen LogP contribution is 2.42. The third-order valence-corrected chi connectivity index (χ3v) is 9.12. The van der Waals surface area contributed by atoms with Crippen molar-refractivity contribution in [1.29, 1.82) is 10.5 Å². The fourth-order valence-electron chi connectivity index (χ4n) is 6.66. The van der Waals surface area contributed by atoms with E-state index < -0.39 is 0 Å². The Kier molecular flexibility index (Phi) is 7.80. The topological polar surface area (TPSA) is 88.2 Å². The normalized spacial score (nSPS) is 21.1. The minimum atomic E-state index is 0.0237. The summed E-state index contributed by atoms with van der Waals surface area (Å²) in [6, 6.07) is 15.6. The number of halogens is 1. The number of ether oxygens (including phenoxy) is 1. The van der Waals surface area contributed by atoms with Crippen LogP contribution in [0.5, 0.6) is 5.88 Å². The van der Waals surface area contributed by atoms with Gasteiger partial charge in [-0.05, 0) is 80.9 Å². The van der Waals surface area contributed by atoms with Gasteiger partial charge >= 0.3 is 0 Å². The molecule has 2 fully saturated rings. The SMILES string of the molecule is CN1CCCC1COc1nc2cc(-c3cccc4c3CCCC4)c(Cl)cc2c(N2CCNC(CC#N)C2)c1C#N. The van der Waals surface area contributed by atoms with Crippen molar-refractivity contribution in [3.05, 3.63) is 52.0 Å². The summed E-state index contributed by atoms with van der Waals surface area (Å²) in [7, 11) is 2.12. The van der Waals surface area contributed by atoms with Crippen molar-refractivity contribution in [3.63, 3.8) is 0 Å². The van der Waals surface area contributed by atoms with Crippen molar-refractivity contribution < 1.29 is 4.74 Å². The predicted octanol–water partition coefficient (Wildman–Crippen LogP) is 5.47. The molecule has 7 nitrogen and oxygen atoms in total. The zero-order valence-corrected chi connectivity index (χ0v) is 23.8. The number of nitriles is 2. The Bertz CT molecular complexity index is 1510. The van der Waals surface area contributed by atoms with Crippen LogP contribution in [0.4, 0.5) is 5.69 Å². The third-order valence-electron chi connectivity index (χ3n) is 8.80. The number of pyridine rings is 1. The summed E-state index contributed by atoms with van der Waals surface area (Å²) >= 11 is 7.05. The molecule has 2 aliphatic heterocycles. The van der Waals surface area contributed by atoms with Crippen LogP contribution in [0.1, 0.15) is 48.8 Å². The van der Waals surface area contributed by atoms with Crippen LogP contribution in [-0.2, 0) is 12.8 Å². The van der Waals surface area contributed by atoms with Crippen molar-refractivity contribution in [2.75, 3.05) is 44.7 Å². The van der Waals surface area contributed by atoms with Crippen molar-refractivity contribution in [3.8, 4) is 29.1 Å². The molecule has 0 spiro atoms. The lowest BCUT2D eigenvalue weighted by molar-refractivity contribution is 0.193. The fraction of sp³-hybridized carbons (Fsp3) is 0.469. The second kappa shape index (κ2) is 11.6. The summed E-state index contributed by atoms with van der Waals surface area (Å²) in [5.74, 6) is 0.379. The number of nitrogens with one attached hydrogen (secondary N) is 1. The van der Waals surface area contributed by atoms with Gasteiger partial charge in [-0.3, -0.25) is 0 Å². The van der Waals surface area contributed by atoms with Gasteiger partial charge in [0.15, 0.2) is 0 Å². The van der Waals surface area contributed by atoms with Gasteiger partial charge < -0.3 is 19.9 Å². The molecule has 2 saturated heterocycles. The number of hydrogen-bond acceptors (Lipinski definition) is 7. The molecule has 3 heterocycles. The Morgan fingerprint density at radius 1 is 1.12 bits per heavy atom. The number of rotatable bonds is 6. The van der Waals surface area contributed by atoms with E-state index in [1.165, 1.54) is 29.5 Å². The highest BCUT2D eigenvalue weighted by molar-refractivity contribution is 6.34. The van der Waals surface area contributed by atoms with Crippen LogP contribution in [0.3, 0.4) is 0 Å². The van der Waals surface area contributed by atoms with Crippen molar-refractivity contribution in [2.45, 2.75) is 57.0 Å². The molecule has 3 aromatic rings. The van der Waals surface area contributed by atoms with Gasteiger partial charge in [0, 0.05) is 47.7 Å². The molecule has 206 valence electrons. The van der Waals surface area contributed by atoms with Crippen LogP contribution < -0.4 is 15.0 Å². The maximum absolute atomic E-state index is 10.4. The van der Waals surface area contributed by atoms with Crippen LogP contribution in [0, 0.1) is 22.7 Å². The number of likely N-dealkylation sites (N-methyl/N-ethyl adjacent to an activating group) is 1. The molecular weight excluding hydrogens is 520 g/mol. The Hall–Kier alpha value is -3.36. The molecular formula is C32H35ClN6O. The van der Waals surface area contributed by atoms with Gasteiger partial charge in [0.2, 0.25) is 5.88 Å². The second-order valence-corrected chi connectivity index (χ2v) is 11.7. The first-order valence-electron chi connectivity index (χ1n) is 14.4. The number of benzene rings is 2. The van der Waals surface area contributed by atoms with Crippen molar-refractivity contribution in [2.24, 2.45) is 0 Å². The highest BCUT2D eigenvalue weighted by atomic mass is 35.5. The van der Waals surface area contributed by atoms with Gasteiger partial charge in [-0.25, -0.2) is 4.98 Å². The molecule has 0 saturated carbocycles.